The molecule has 2 fully saturated rings. The highest BCUT2D eigenvalue weighted by atomic mass is 35.5. The molecule has 0 saturated carbocycles. The number of carbonyl (C=O) groups is 1. The van der Waals surface area contributed by atoms with Crippen molar-refractivity contribution in [3.63, 3.8) is 0 Å². The van der Waals surface area contributed by atoms with Gasteiger partial charge in [0.05, 0.1) is 10.6 Å². The second kappa shape index (κ2) is 4.52. The summed E-state index contributed by atoms with van der Waals surface area (Å²) in [5, 5.41) is 3.83. The lowest BCUT2D eigenvalue weighted by Crippen LogP contribution is -2.33. The number of hydrogen-bond acceptors (Lipinski definition) is 3. The standard InChI is InChI=1S/C13H16ClN3O/c14-11-7-15-4-1-10(11)12(18)17-6-3-13(9-17)2-5-16-8-13/h1,4,7,16H,2-3,5-6,8-9H2. The highest BCUT2D eigenvalue weighted by Crippen LogP contribution is 2.36. The minimum atomic E-state index is 0.0335. The van der Waals surface area contributed by atoms with E-state index in [1.54, 1.807) is 12.3 Å². The summed E-state index contributed by atoms with van der Waals surface area (Å²) in [6.45, 7) is 3.77. The van der Waals surface area contributed by atoms with Crippen LogP contribution in [0.25, 0.3) is 0 Å². The van der Waals surface area contributed by atoms with Crippen LogP contribution in [0.1, 0.15) is 23.2 Å². The van der Waals surface area contributed by atoms with E-state index in [0.29, 0.717) is 16.0 Å². The predicted molar refractivity (Wildman–Crippen MR) is 69.7 cm³/mol. The Morgan fingerprint density at radius 3 is 3.11 bits per heavy atom. The molecule has 2 aliphatic rings. The van der Waals surface area contributed by atoms with Gasteiger partial charge in [-0.2, -0.15) is 0 Å². The van der Waals surface area contributed by atoms with Crippen LogP contribution in [-0.4, -0.2) is 42.0 Å². The molecule has 18 heavy (non-hydrogen) atoms. The molecule has 2 saturated heterocycles. The van der Waals surface area contributed by atoms with E-state index in [1.165, 1.54) is 12.6 Å². The van der Waals surface area contributed by atoms with Crippen LogP contribution in [-0.2, 0) is 0 Å². The monoisotopic (exact) mass is 265 g/mol. The van der Waals surface area contributed by atoms with Crippen molar-refractivity contribution < 1.29 is 4.79 Å². The normalized spacial score (nSPS) is 27.1. The van der Waals surface area contributed by atoms with Crippen molar-refractivity contribution in [2.24, 2.45) is 5.41 Å². The van der Waals surface area contributed by atoms with E-state index in [-0.39, 0.29) is 5.91 Å². The molecular formula is C13H16ClN3O. The molecule has 1 amide bonds. The molecule has 4 nitrogen and oxygen atoms in total. The van der Waals surface area contributed by atoms with Gasteiger partial charge in [0, 0.05) is 37.4 Å². The Morgan fingerprint density at radius 1 is 1.50 bits per heavy atom. The van der Waals surface area contributed by atoms with Gasteiger partial charge in [0.1, 0.15) is 0 Å². The summed E-state index contributed by atoms with van der Waals surface area (Å²) in [4.78, 5) is 18.2. The molecule has 3 heterocycles. The maximum atomic E-state index is 12.4. The van der Waals surface area contributed by atoms with Gasteiger partial charge >= 0.3 is 0 Å². The number of amides is 1. The van der Waals surface area contributed by atoms with Gasteiger partial charge in [-0.15, -0.1) is 0 Å². The minimum absolute atomic E-state index is 0.0335. The second-order valence-corrected chi connectivity index (χ2v) is 5.67. The molecule has 2 aliphatic heterocycles. The van der Waals surface area contributed by atoms with Crippen molar-refractivity contribution in [3.05, 3.63) is 29.0 Å². The summed E-state index contributed by atoms with van der Waals surface area (Å²) in [6.07, 6.45) is 5.40. The highest BCUT2D eigenvalue weighted by Gasteiger charge is 2.42. The van der Waals surface area contributed by atoms with Crippen molar-refractivity contribution in [2.45, 2.75) is 12.8 Å². The summed E-state index contributed by atoms with van der Waals surface area (Å²) >= 11 is 6.03. The van der Waals surface area contributed by atoms with E-state index in [0.717, 1.165) is 32.6 Å². The van der Waals surface area contributed by atoms with Gasteiger partial charge in [0.25, 0.3) is 5.91 Å². The molecule has 0 aliphatic carbocycles. The number of nitrogens with one attached hydrogen (secondary N) is 1. The van der Waals surface area contributed by atoms with Gasteiger partial charge in [-0.3, -0.25) is 9.78 Å². The van der Waals surface area contributed by atoms with Crippen LogP contribution in [0, 0.1) is 5.41 Å². The first kappa shape index (κ1) is 11.9. The van der Waals surface area contributed by atoms with Crippen molar-refractivity contribution in [3.8, 4) is 0 Å². The predicted octanol–water partition coefficient (Wildman–Crippen LogP) is 1.56. The maximum absolute atomic E-state index is 12.4. The summed E-state index contributed by atoms with van der Waals surface area (Å²) in [5.41, 5.74) is 0.865. The fourth-order valence-electron chi connectivity index (χ4n) is 2.97. The lowest BCUT2D eigenvalue weighted by Gasteiger charge is -2.23. The molecule has 1 unspecified atom stereocenters. The number of carbonyl (C=O) groups excluding carboxylic acids is 1. The molecule has 96 valence electrons. The Labute approximate surface area is 111 Å². The summed E-state index contributed by atoms with van der Waals surface area (Å²) in [5.74, 6) is 0.0335. The molecule has 3 rings (SSSR count). The average Bonchev–Trinajstić information content (AvgIpc) is 3.00. The van der Waals surface area contributed by atoms with Gasteiger partial charge < -0.3 is 10.2 Å². The van der Waals surface area contributed by atoms with Crippen LogP contribution in [0.5, 0.6) is 0 Å². The summed E-state index contributed by atoms with van der Waals surface area (Å²) < 4.78 is 0. The van der Waals surface area contributed by atoms with Crippen LogP contribution in [0.3, 0.4) is 0 Å². The number of likely N-dealkylation sites (tertiary alicyclic amines) is 1. The van der Waals surface area contributed by atoms with E-state index in [4.69, 9.17) is 11.6 Å². The molecule has 5 heteroatoms. The van der Waals surface area contributed by atoms with Crippen molar-refractivity contribution in [1.29, 1.82) is 0 Å². The lowest BCUT2D eigenvalue weighted by atomic mass is 9.86. The van der Waals surface area contributed by atoms with E-state index < -0.39 is 0 Å². The van der Waals surface area contributed by atoms with Crippen LogP contribution in [0.15, 0.2) is 18.5 Å². The first-order valence-corrected chi connectivity index (χ1v) is 6.68. The Balaban J connectivity index is 1.77. The third kappa shape index (κ3) is 1.99. The van der Waals surface area contributed by atoms with E-state index >= 15 is 0 Å². The molecule has 1 spiro atoms. The summed E-state index contributed by atoms with van der Waals surface area (Å²) in [6, 6.07) is 1.70. The number of nitrogens with zero attached hydrogens (tertiary/aromatic N) is 2. The largest absolute Gasteiger partial charge is 0.338 e. The van der Waals surface area contributed by atoms with Crippen molar-refractivity contribution in [1.82, 2.24) is 15.2 Å². The molecule has 1 atom stereocenters. The number of halogens is 1. The Kier molecular flexibility index (Phi) is 2.99. The minimum Gasteiger partial charge on any atom is -0.338 e. The van der Waals surface area contributed by atoms with Gasteiger partial charge in [-0.05, 0) is 25.5 Å². The molecule has 0 radical (unpaired) electrons. The van der Waals surface area contributed by atoms with Crippen LogP contribution in [0.2, 0.25) is 5.02 Å². The number of aromatic nitrogens is 1. The second-order valence-electron chi connectivity index (χ2n) is 5.26. The van der Waals surface area contributed by atoms with Crippen LogP contribution >= 0.6 is 11.6 Å². The van der Waals surface area contributed by atoms with Gasteiger partial charge in [-0.1, -0.05) is 11.6 Å². The Hall–Kier alpha value is -1.13. The third-order valence-electron chi connectivity index (χ3n) is 4.06. The molecule has 0 bridgehead atoms. The third-order valence-corrected chi connectivity index (χ3v) is 4.36. The van der Waals surface area contributed by atoms with Crippen molar-refractivity contribution in [2.75, 3.05) is 26.2 Å². The first-order valence-electron chi connectivity index (χ1n) is 6.30. The van der Waals surface area contributed by atoms with Crippen LogP contribution in [0.4, 0.5) is 0 Å². The number of rotatable bonds is 1. The lowest BCUT2D eigenvalue weighted by molar-refractivity contribution is 0.0776. The molecule has 1 aromatic rings. The Morgan fingerprint density at radius 2 is 2.39 bits per heavy atom. The summed E-state index contributed by atoms with van der Waals surface area (Å²) in [7, 11) is 0. The average molecular weight is 266 g/mol. The molecule has 1 aromatic heterocycles. The van der Waals surface area contributed by atoms with Crippen molar-refractivity contribution >= 4 is 17.5 Å². The zero-order valence-corrected chi connectivity index (χ0v) is 10.9. The number of hydrogen-bond donors (Lipinski definition) is 1. The van der Waals surface area contributed by atoms with Gasteiger partial charge in [0.15, 0.2) is 0 Å². The molecule has 1 N–H and O–H groups in total. The number of pyridine rings is 1. The topological polar surface area (TPSA) is 45.2 Å². The zero-order chi connectivity index (χ0) is 12.6. The van der Waals surface area contributed by atoms with Crippen LogP contribution < -0.4 is 5.32 Å². The van der Waals surface area contributed by atoms with E-state index in [9.17, 15) is 4.79 Å². The fraction of sp³-hybridized carbons (Fsp3) is 0.538. The SMILES string of the molecule is O=C(c1ccncc1Cl)N1CCC2(CCNC2)C1. The highest BCUT2D eigenvalue weighted by molar-refractivity contribution is 6.33. The van der Waals surface area contributed by atoms with Gasteiger partial charge in [0.2, 0.25) is 0 Å². The quantitative estimate of drug-likeness (QED) is 0.838. The van der Waals surface area contributed by atoms with Gasteiger partial charge in [-0.25, -0.2) is 0 Å². The van der Waals surface area contributed by atoms with E-state index in [1.807, 2.05) is 4.90 Å². The zero-order valence-electron chi connectivity index (χ0n) is 10.2. The molecule has 0 aromatic carbocycles. The Bertz CT molecular complexity index is 471. The fourth-order valence-corrected chi connectivity index (χ4v) is 3.17. The van der Waals surface area contributed by atoms with E-state index in [2.05, 4.69) is 10.3 Å². The molecular weight excluding hydrogens is 250 g/mol. The first-order chi connectivity index (χ1) is 8.70. The smallest absolute Gasteiger partial charge is 0.255 e. The maximum Gasteiger partial charge on any atom is 0.255 e.